The highest BCUT2D eigenvalue weighted by Crippen LogP contribution is 2.22. The van der Waals surface area contributed by atoms with Crippen LogP contribution in [0.4, 0.5) is 5.69 Å². The van der Waals surface area contributed by atoms with E-state index in [1.54, 1.807) is 0 Å². The Kier molecular flexibility index (Phi) is 4.43. The molecule has 0 aliphatic carbocycles. The second kappa shape index (κ2) is 5.61. The molecule has 0 aliphatic rings. The third kappa shape index (κ3) is 4.21. The van der Waals surface area contributed by atoms with Crippen LogP contribution in [0.2, 0.25) is 0 Å². The van der Waals surface area contributed by atoms with Crippen molar-refractivity contribution in [3.8, 4) is 5.75 Å². The van der Waals surface area contributed by atoms with Crippen molar-refractivity contribution in [2.75, 3.05) is 18.9 Å². The van der Waals surface area contributed by atoms with Crippen molar-refractivity contribution < 1.29 is 9.47 Å². The van der Waals surface area contributed by atoms with Crippen molar-refractivity contribution in [3.05, 3.63) is 23.8 Å². The molecule has 84 valence electrons. The van der Waals surface area contributed by atoms with E-state index in [4.69, 9.17) is 15.2 Å². The number of nitrogen functional groups attached to an aromatic ring is 1. The van der Waals surface area contributed by atoms with E-state index in [9.17, 15) is 0 Å². The summed E-state index contributed by atoms with van der Waals surface area (Å²) in [6.45, 7) is 7.13. The third-order valence-corrected chi connectivity index (χ3v) is 1.96. The van der Waals surface area contributed by atoms with E-state index < -0.39 is 0 Å². The molecule has 0 aromatic heterocycles. The number of benzene rings is 1. The Morgan fingerprint density at radius 3 is 2.67 bits per heavy atom. The fraction of sp³-hybridized carbons (Fsp3) is 0.500. The van der Waals surface area contributed by atoms with Crippen LogP contribution < -0.4 is 10.5 Å². The van der Waals surface area contributed by atoms with Crippen molar-refractivity contribution in [1.82, 2.24) is 0 Å². The number of ether oxygens (including phenoxy) is 2. The third-order valence-electron chi connectivity index (χ3n) is 1.96. The second-order valence-electron chi connectivity index (χ2n) is 3.81. The van der Waals surface area contributed by atoms with Crippen molar-refractivity contribution in [1.29, 1.82) is 0 Å². The van der Waals surface area contributed by atoms with Crippen LogP contribution in [-0.2, 0) is 4.74 Å². The van der Waals surface area contributed by atoms with Gasteiger partial charge in [0.25, 0.3) is 0 Å². The second-order valence-corrected chi connectivity index (χ2v) is 3.81. The monoisotopic (exact) mass is 209 g/mol. The van der Waals surface area contributed by atoms with Crippen molar-refractivity contribution >= 4 is 5.69 Å². The van der Waals surface area contributed by atoms with Gasteiger partial charge in [0.2, 0.25) is 0 Å². The molecule has 0 spiro atoms. The van der Waals surface area contributed by atoms with Crippen LogP contribution in [-0.4, -0.2) is 19.3 Å². The first-order valence-electron chi connectivity index (χ1n) is 5.20. The number of anilines is 1. The van der Waals surface area contributed by atoms with Crippen LogP contribution in [0.3, 0.4) is 0 Å². The highest BCUT2D eigenvalue weighted by molar-refractivity contribution is 5.53. The van der Waals surface area contributed by atoms with Gasteiger partial charge in [0, 0.05) is 0 Å². The van der Waals surface area contributed by atoms with E-state index in [-0.39, 0.29) is 6.10 Å². The van der Waals surface area contributed by atoms with Gasteiger partial charge in [-0.2, -0.15) is 0 Å². The maximum atomic E-state index is 5.77. The number of rotatable bonds is 5. The molecular weight excluding hydrogens is 190 g/mol. The van der Waals surface area contributed by atoms with Crippen molar-refractivity contribution in [3.63, 3.8) is 0 Å². The molecule has 0 aliphatic heterocycles. The lowest BCUT2D eigenvalue weighted by atomic mass is 10.2. The molecule has 3 nitrogen and oxygen atoms in total. The van der Waals surface area contributed by atoms with E-state index in [0.29, 0.717) is 18.9 Å². The van der Waals surface area contributed by atoms with E-state index in [1.165, 1.54) is 0 Å². The summed E-state index contributed by atoms with van der Waals surface area (Å²) in [5.41, 5.74) is 7.58. The lowest BCUT2D eigenvalue weighted by molar-refractivity contribution is 0.0554. The van der Waals surface area contributed by atoms with Crippen LogP contribution in [0, 0.1) is 6.92 Å². The van der Waals surface area contributed by atoms with Gasteiger partial charge < -0.3 is 15.2 Å². The Balaban J connectivity index is 2.40. The fourth-order valence-electron chi connectivity index (χ4n) is 1.20. The first-order chi connectivity index (χ1) is 7.09. The number of nitrogens with two attached hydrogens (primary N) is 1. The molecule has 1 aromatic rings. The summed E-state index contributed by atoms with van der Waals surface area (Å²) < 4.78 is 10.9. The van der Waals surface area contributed by atoms with E-state index in [2.05, 4.69) is 0 Å². The molecule has 0 saturated heterocycles. The number of aryl methyl sites for hydroxylation is 1. The van der Waals surface area contributed by atoms with Gasteiger partial charge in [0.05, 0.1) is 18.4 Å². The smallest absolute Gasteiger partial charge is 0.142 e. The van der Waals surface area contributed by atoms with E-state index in [1.807, 2.05) is 39.0 Å². The molecule has 1 rings (SSSR count). The molecule has 0 fully saturated rings. The summed E-state index contributed by atoms with van der Waals surface area (Å²) in [5, 5.41) is 0. The number of hydrogen-bond acceptors (Lipinski definition) is 3. The lowest BCUT2D eigenvalue weighted by Crippen LogP contribution is -2.11. The first-order valence-corrected chi connectivity index (χ1v) is 5.20. The Morgan fingerprint density at radius 2 is 2.00 bits per heavy atom. The summed E-state index contributed by atoms with van der Waals surface area (Å²) in [7, 11) is 0. The topological polar surface area (TPSA) is 44.5 Å². The highest BCUT2D eigenvalue weighted by atomic mass is 16.5. The van der Waals surface area contributed by atoms with Crippen molar-refractivity contribution in [2.45, 2.75) is 26.9 Å². The van der Waals surface area contributed by atoms with Gasteiger partial charge in [-0.05, 0) is 38.5 Å². The van der Waals surface area contributed by atoms with Gasteiger partial charge in [0.15, 0.2) is 0 Å². The predicted octanol–water partition coefficient (Wildman–Crippen LogP) is 2.38. The van der Waals surface area contributed by atoms with Crippen LogP contribution in [0.15, 0.2) is 18.2 Å². The minimum absolute atomic E-state index is 0.239. The van der Waals surface area contributed by atoms with E-state index >= 15 is 0 Å². The maximum absolute atomic E-state index is 5.77. The Hall–Kier alpha value is -1.22. The Labute approximate surface area is 91.2 Å². The first kappa shape index (κ1) is 11.9. The molecule has 0 bridgehead atoms. The molecule has 0 radical (unpaired) electrons. The lowest BCUT2D eigenvalue weighted by Gasteiger charge is -2.11. The molecule has 0 saturated carbocycles. The largest absolute Gasteiger partial charge is 0.489 e. The van der Waals surface area contributed by atoms with Gasteiger partial charge in [0.1, 0.15) is 12.4 Å². The Bertz CT molecular complexity index is 310. The SMILES string of the molecule is Cc1ccc(N)c(OCCOC(C)C)c1. The molecule has 3 heteroatoms. The Morgan fingerprint density at radius 1 is 1.27 bits per heavy atom. The minimum Gasteiger partial charge on any atom is -0.489 e. The van der Waals surface area contributed by atoms with Crippen molar-refractivity contribution in [2.24, 2.45) is 0 Å². The maximum Gasteiger partial charge on any atom is 0.142 e. The summed E-state index contributed by atoms with van der Waals surface area (Å²) in [4.78, 5) is 0. The van der Waals surface area contributed by atoms with E-state index in [0.717, 1.165) is 11.3 Å². The zero-order valence-corrected chi connectivity index (χ0v) is 9.62. The van der Waals surface area contributed by atoms with Gasteiger partial charge in [-0.1, -0.05) is 6.07 Å². The van der Waals surface area contributed by atoms with Gasteiger partial charge >= 0.3 is 0 Å². The fourth-order valence-corrected chi connectivity index (χ4v) is 1.20. The molecular formula is C12H19NO2. The van der Waals surface area contributed by atoms with Crippen LogP contribution in [0.1, 0.15) is 19.4 Å². The summed E-state index contributed by atoms with van der Waals surface area (Å²) in [6, 6.07) is 5.76. The van der Waals surface area contributed by atoms with Gasteiger partial charge in [-0.3, -0.25) is 0 Å². The van der Waals surface area contributed by atoms with Crippen LogP contribution in [0.5, 0.6) is 5.75 Å². The zero-order valence-electron chi connectivity index (χ0n) is 9.62. The van der Waals surface area contributed by atoms with Gasteiger partial charge in [-0.15, -0.1) is 0 Å². The molecule has 0 amide bonds. The normalized spacial score (nSPS) is 10.7. The summed E-state index contributed by atoms with van der Waals surface area (Å²) in [6.07, 6.45) is 0.239. The summed E-state index contributed by atoms with van der Waals surface area (Å²) >= 11 is 0. The predicted molar refractivity (Wildman–Crippen MR) is 62.2 cm³/mol. The zero-order chi connectivity index (χ0) is 11.3. The molecule has 0 atom stereocenters. The number of hydrogen-bond donors (Lipinski definition) is 1. The average molecular weight is 209 g/mol. The quantitative estimate of drug-likeness (QED) is 0.598. The minimum atomic E-state index is 0.239. The molecule has 15 heavy (non-hydrogen) atoms. The van der Waals surface area contributed by atoms with Gasteiger partial charge in [-0.25, -0.2) is 0 Å². The average Bonchev–Trinajstić information content (AvgIpc) is 2.17. The molecule has 0 heterocycles. The standard InChI is InChI=1S/C12H19NO2/c1-9(2)14-6-7-15-12-8-10(3)4-5-11(12)13/h4-5,8-9H,6-7,13H2,1-3H3. The van der Waals surface area contributed by atoms with Crippen LogP contribution in [0.25, 0.3) is 0 Å². The molecule has 0 unspecified atom stereocenters. The summed E-state index contributed by atoms with van der Waals surface area (Å²) in [5.74, 6) is 0.738. The molecule has 2 N–H and O–H groups in total. The van der Waals surface area contributed by atoms with Crippen LogP contribution >= 0.6 is 0 Å². The molecule has 1 aromatic carbocycles. The highest BCUT2D eigenvalue weighted by Gasteiger charge is 2.00.